The Morgan fingerprint density at radius 2 is 2.03 bits per heavy atom. The minimum atomic E-state index is -0.359. The maximum Gasteiger partial charge on any atom is 0.219 e. The van der Waals surface area contributed by atoms with Crippen LogP contribution in [0.4, 0.5) is 0 Å². The van der Waals surface area contributed by atoms with Gasteiger partial charge in [-0.15, -0.1) is 17.3 Å². The van der Waals surface area contributed by atoms with Gasteiger partial charge in [-0.3, -0.25) is 9.48 Å². The van der Waals surface area contributed by atoms with E-state index >= 15 is 0 Å². The molecule has 0 aliphatic rings. The second-order valence-corrected chi connectivity index (χ2v) is 8.21. The van der Waals surface area contributed by atoms with Gasteiger partial charge in [0.15, 0.2) is 0 Å². The van der Waals surface area contributed by atoms with Crippen molar-refractivity contribution in [1.82, 2.24) is 9.78 Å². The molecule has 2 N–H and O–H groups in total. The number of primary amides is 1. The summed E-state index contributed by atoms with van der Waals surface area (Å²) in [5.74, 6) is 6.13. The number of thiophene rings is 1. The van der Waals surface area contributed by atoms with Gasteiger partial charge in [-0.25, -0.2) is 0 Å². The molecular formula is C25H23N3O2S. The zero-order valence-corrected chi connectivity index (χ0v) is 18.3. The molecule has 0 spiro atoms. The number of nitrogens with two attached hydrogens (primary N) is 1. The Bertz CT molecular complexity index is 1280. The minimum absolute atomic E-state index is 0.192. The zero-order valence-electron chi connectivity index (χ0n) is 17.5. The van der Waals surface area contributed by atoms with Crippen LogP contribution in [-0.2, 0) is 18.4 Å². The van der Waals surface area contributed by atoms with Crippen molar-refractivity contribution in [2.45, 2.75) is 25.9 Å². The number of benzene rings is 2. The molecule has 2 heterocycles. The van der Waals surface area contributed by atoms with Crippen molar-refractivity contribution in [2.75, 3.05) is 0 Å². The molecule has 1 atom stereocenters. The van der Waals surface area contributed by atoms with Crippen LogP contribution in [0.25, 0.3) is 21.3 Å². The van der Waals surface area contributed by atoms with Gasteiger partial charge in [0.1, 0.15) is 12.4 Å². The van der Waals surface area contributed by atoms with Crippen LogP contribution in [-0.4, -0.2) is 15.7 Å². The van der Waals surface area contributed by atoms with E-state index in [-0.39, 0.29) is 18.2 Å². The molecule has 0 aliphatic carbocycles. The van der Waals surface area contributed by atoms with E-state index in [0.717, 1.165) is 22.6 Å². The molecule has 0 fully saturated rings. The number of nitrogens with zero attached hydrogens (tertiary/aromatic N) is 2. The van der Waals surface area contributed by atoms with Gasteiger partial charge < -0.3 is 10.5 Å². The number of aromatic nitrogens is 2. The highest BCUT2D eigenvalue weighted by atomic mass is 32.1. The van der Waals surface area contributed by atoms with Crippen molar-refractivity contribution < 1.29 is 9.53 Å². The summed E-state index contributed by atoms with van der Waals surface area (Å²) in [4.78, 5) is 11.3. The summed E-state index contributed by atoms with van der Waals surface area (Å²) in [6.07, 6.45) is 2.02. The molecule has 4 rings (SSSR count). The molecule has 0 saturated carbocycles. The lowest BCUT2D eigenvalue weighted by Gasteiger charge is -2.11. The second kappa shape index (κ2) is 9.07. The van der Waals surface area contributed by atoms with Crippen molar-refractivity contribution in [2.24, 2.45) is 12.8 Å². The summed E-state index contributed by atoms with van der Waals surface area (Å²) < 4.78 is 9.13. The smallest absolute Gasteiger partial charge is 0.219 e. The average molecular weight is 430 g/mol. The highest BCUT2D eigenvalue weighted by molar-refractivity contribution is 7.17. The van der Waals surface area contributed by atoms with Gasteiger partial charge >= 0.3 is 0 Å². The van der Waals surface area contributed by atoms with Crippen molar-refractivity contribution in [3.05, 3.63) is 71.2 Å². The third kappa shape index (κ3) is 4.62. The summed E-state index contributed by atoms with van der Waals surface area (Å²) in [5.41, 5.74) is 9.69. The molecule has 31 heavy (non-hydrogen) atoms. The van der Waals surface area contributed by atoms with Crippen molar-refractivity contribution in [3.8, 4) is 28.8 Å². The first-order chi connectivity index (χ1) is 15.0. The van der Waals surface area contributed by atoms with E-state index in [9.17, 15) is 4.79 Å². The molecule has 0 bridgehead atoms. The number of carbonyl (C=O) groups excluding carboxylic acids is 1. The zero-order chi connectivity index (χ0) is 21.8. The van der Waals surface area contributed by atoms with Crippen LogP contribution >= 0.6 is 11.3 Å². The Morgan fingerprint density at radius 3 is 2.71 bits per heavy atom. The number of aryl methyl sites for hydroxylation is 1. The van der Waals surface area contributed by atoms with Crippen LogP contribution in [0.1, 0.15) is 30.4 Å². The molecule has 0 radical (unpaired) electrons. The monoisotopic (exact) mass is 429 g/mol. The topological polar surface area (TPSA) is 70.1 Å². The van der Waals surface area contributed by atoms with Gasteiger partial charge in [0.05, 0.1) is 11.6 Å². The normalized spacial score (nSPS) is 11.7. The third-order valence-electron chi connectivity index (χ3n) is 5.15. The van der Waals surface area contributed by atoms with E-state index in [0.29, 0.717) is 6.61 Å². The van der Waals surface area contributed by atoms with E-state index in [2.05, 4.69) is 40.5 Å². The SMILES string of the molecule is CC#C[C@@H](CC(N)=O)c1ccc(OCc2ccc3scc(-c4ccnn4C)c3c2)cc1. The molecule has 5 nitrogen and oxygen atoms in total. The number of rotatable bonds is 7. The first kappa shape index (κ1) is 20.7. The van der Waals surface area contributed by atoms with Gasteiger partial charge in [0, 0.05) is 40.7 Å². The van der Waals surface area contributed by atoms with E-state index < -0.39 is 0 Å². The van der Waals surface area contributed by atoms with Crippen molar-refractivity contribution >= 4 is 27.3 Å². The number of amides is 1. The first-order valence-corrected chi connectivity index (χ1v) is 10.8. The highest BCUT2D eigenvalue weighted by Gasteiger charge is 2.13. The number of fused-ring (bicyclic) bond motifs is 1. The molecular weight excluding hydrogens is 406 g/mol. The van der Waals surface area contributed by atoms with E-state index in [1.165, 1.54) is 15.6 Å². The number of hydrogen-bond acceptors (Lipinski definition) is 4. The van der Waals surface area contributed by atoms with Crippen LogP contribution in [0.3, 0.4) is 0 Å². The lowest BCUT2D eigenvalue weighted by molar-refractivity contribution is -0.118. The van der Waals surface area contributed by atoms with E-state index in [1.807, 2.05) is 48.3 Å². The lowest BCUT2D eigenvalue weighted by atomic mass is 9.96. The Balaban J connectivity index is 1.49. The molecule has 0 aliphatic heterocycles. The molecule has 2 aromatic carbocycles. The first-order valence-electron chi connectivity index (χ1n) is 9.97. The molecule has 0 unspecified atom stereocenters. The summed E-state index contributed by atoms with van der Waals surface area (Å²) >= 11 is 1.73. The van der Waals surface area contributed by atoms with Crippen LogP contribution < -0.4 is 10.5 Å². The van der Waals surface area contributed by atoms with Gasteiger partial charge in [-0.1, -0.05) is 24.1 Å². The van der Waals surface area contributed by atoms with Gasteiger partial charge in [-0.2, -0.15) is 5.10 Å². The quantitative estimate of drug-likeness (QED) is 0.426. The Morgan fingerprint density at radius 1 is 1.23 bits per heavy atom. The summed E-state index contributed by atoms with van der Waals surface area (Å²) in [6.45, 7) is 2.23. The van der Waals surface area contributed by atoms with Crippen molar-refractivity contribution in [3.63, 3.8) is 0 Å². The molecule has 6 heteroatoms. The fraction of sp³-hybridized carbons (Fsp3) is 0.200. The highest BCUT2D eigenvalue weighted by Crippen LogP contribution is 2.34. The Labute approximate surface area is 185 Å². The van der Waals surface area contributed by atoms with Crippen LogP contribution in [0.5, 0.6) is 5.75 Å². The predicted octanol–water partition coefficient (Wildman–Crippen LogP) is 4.86. The molecule has 2 aromatic heterocycles. The van der Waals surface area contributed by atoms with Crippen LogP contribution in [0.15, 0.2) is 60.1 Å². The third-order valence-corrected chi connectivity index (χ3v) is 6.11. The molecule has 156 valence electrons. The average Bonchev–Trinajstić information content (AvgIpc) is 3.37. The van der Waals surface area contributed by atoms with E-state index in [4.69, 9.17) is 10.5 Å². The standard InChI is InChI=1S/C25H23N3O2S/c1-3-4-19(14-25(26)29)18-6-8-20(9-7-18)30-15-17-5-10-24-21(13-17)22(16-31-24)23-11-12-27-28(23)2/h5-13,16,19H,14-15H2,1-2H3,(H2,26,29)/t19-/m0/s1. The lowest BCUT2D eigenvalue weighted by Crippen LogP contribution is -2.14. The largest absolute Gasteiger partial charge is 0.489 e. The summed E-state index contributed by atoms with van der Waals surface area (Å²) in [7, 11) is 1.95. The molecule has 4 aromatic rings. The fourth-order valence-electron chi connectivity index (χ4n) is 3.59. The summed E-state index contributed by atoms with van der Waals surface area (Å²) in [6, 6.07) is 16.1. The number of carbonyl (C=O) groups is 1. The minimum Gasteiger partial charge on any atom is -0.489 e. The number of ether oxygens (including phenoxy) is 1. The van der Waals surface area contributed by atoms with Crippen molar-refractivity contribution in [1.29, 1.82) is 0 Å². The second-order valence-electron chi connectivity index (χ2n) is 7.30. The van der Waals surface area contributed by atoms with Gasteiger partial charge in [0.2, 0.25) is 5.91 Å². The Kier molecular flexibility index (Phi) is 6.06. The molecule has 1 amide bonds. The maximum absolute atomic E-state index is 11.3. The maximum atomic E-state index is 11.3. The van der Waals surface area contributed by atoms with E-state index in [1.54, 1.807) is 18.3 Å². The van der Waals surface area contributed by atoms with Crippen LogP contribution in [0.2, 0.25) is 0 Å². The Hall–Kier alpha value is -3.56. The van der Waals surface area contributed by atoms with Crippen LogP contribution in [0, 0.1) is 11.8 Å². The predicted molar refractivity (Wildman–Crippen MR) is 125 cm³/mol. The molecule has 0 saturated heterocycles. The fourth-order valence-corrected chi connectivity index (χ4v) is 4.53. The number of hydrogen-bond donors (Lipinski definition) is 1. The van der Waals surface area contributed by atoms with Gasteiger partial charge in [0.25, 0.3) is 0 Å². The summed E-state index contributed by atoms with van der Waals surface area (Å²) in [5, 5.41) is 7.67. The van der Waals surface area contributed by atoms with Gasteiger partial charge in [-0.05, 0) is 48.4 Å².